The van der Waals surface area contributed by atoms with Crippen LogP contribution in [0.1, 0.15) is 194 Å². The molecule has 0 aromatic heterocycles. The molecular weight excluding hydrogens is 819 g/mol. The van der Waals surface area contributed by atoms with Gasteiger partial charge in [0.15, 0.2) is 0 Å². The van der Waals surface area contributed by atoms with Crippen molar-refractivity contribution in [2.45, 2.75) is 200 Å². The van der Waals surface area contributed by atoms with Gasteiger partial charge >= 0.3 is 17.9 Å². The molecule has 1 N–H and O–H groups in total. The van der Waals surface area contributed by atoms with Crippen LogP contribution >= 0.6 is 0 Å². The molecule has 0 aromatic rings. The van der Waals surface area contributed by atoms with E-state index in [0.717, 1.165) is 116 Å². The Hall–Kier alpha value is -1.87. The van der Waals surface area contributed by atoms with E-state index in [9.17, 15) is 14.4 Å². The second-order valence-electron chi connectivity index (χ2n) is 17.4. The fourth-order valence-electron chi connectivity index (χ4n) is 7.40. The van der Waals surface area contributed by atoms with Crippen molar-refractivity contribution in [1.29, 1.82) is 0 Å². The van der Waals surface area contributed by atoms with Gasteiger partial charge < -0.3 is 47.9 Å². The normalized spacial score (nSPS) is 13.6. The Bertz CT molecular complexity index is 1010. The molecule has 1 aliphatic heterocycles. The lowest BCUT2D eigenvalue weighted by Gasteiger charge is -2.20. The molecule has 1 rings (SSSR count). The molecule has 0 amide bonds. The Kier molecular flexibility index (Phi) is 46.1. The highest BCUT2D eigenvalue weighted by atomic mass is 16.6. The number of carbonyl (C=O) groups excluding carboxylic acids is 3. The average molecular weight is 916 g/mol. The van der Waals surface area contributed by atoms with E-state index >= 15 is 0 Å². The van der Waals surface area contributed by atoms with Crippen LogP contribution in [0.3, 0.4) is 0 Å². The van der Waals surface area contributed by atoms with Crippen molar-refractivity contribution in [3.63, 3.8) is 0 Å². The summed E-state index contributed by atoms with van der Waals surface area (Å²) in [5.41, 5.74) is 0. The largest absolute Gasteiger partial charge is 0.466 e. The smallest absolute Gasteiger partial charge is 0.309 e. The van der Waals surface area contributed by atoms with E-state index < -0.39 is 0 Å². The van der Waals surface area contributed by atoms with Gasteiger partial charge in [0, 0.05) is 26.1 Å². The van der Waals surface area contributed by atoms with Gasteiger partial charge in [-0.05, 0) is 64.5 Å². The molecule has 0 bridgehead atoms. The summed E-state index contributed by atoms with van der Waals surface area (Å²) in [6.07, 6.45) is 29.5. The summed E-state index contributed by atoms with van der Waals surface area (Å²) in [4.78, 5) is 36.2. The third-order valence-corrected chi connectivity index (χ3v) is 11.4. The van der Waals surface area contributed by atoms with E-state index in [-0.39, 0.29) is 36.5 Å². The van der Waals surface area contributed by atoms with Crippen LogP contribution in [0.4, 0.5) is 0 Å². The Balaban J connectivity index is 2.14. The van der Waals surface area contributed by atoms with E-state index in [2.05, 4.69) is 19.2 Å². The Labute approximate surface area is 390 Å². The molecule has 1 saturated heterocycles. The first-order valence-corrected chi connectivity index (χ1v) is 26.3. The highest BCUT2D eigenvalue weighted by Crippen LogP contribution is 2.14. The van der Waals surface area contributed by atoms with E-state index in [1.165, 1.54) is 64.2 Å². The van der Waals surface area contributed by atoms with Crippen LogP contribution in [-0.2, 0) is 57.0 Å². The standard InChI is InChI=1S/C51H97NO12/c1-3-5-7-9-11-18-25-35-62-49(53)27-21-15-13-17-23-33-59-45-48(61-34-24-20-14-16-22-28-50(54)63-36-26-19-12-10-8-6-4-2)46-60-42-41-57-38-37-56-39-40-58-43-44-64-51(55)47-29-31-52-32-30-47/h47-48,52H,3-46H2,1-2H3. The van der Waals surface area contributed by atoms with Gasteiger partial charge in [-0.25, -0.2) is 0 Å². The number of esters is 3. The maximum atomic E-state index is 12.1. The van der Waals surface area contributed by atoms with Gasteiger partial charge in [-0.15, -0.1) is 0 Å². The van der Waals surface area contributed by atoms with Crippen molar-refractivity contribution in [2.24, 2.45) is 5.92 Å². The summed E-state index contributed by atoms with van der Waals surface area (Å²) in [6.45, 7) is 12.9. The fraction of sp³-hybridized carbons (Fsp3) is 0.941. The van der Waals surface area contributed by atoms with E-state index in [4.69, 9.17) is 42.6 Å². The molecule has 0 aliphatic carbocycles. The molecule has 0 aromatic carbocycles. The Morgan fingerprint density at radius 2 is 0.781 bits per heavy atom. The van der Waals surface area contributed by atoms with Crippen LogP contribution in [-0.4, -0.2) is 130 Å². The molecule has 1 aliphatic rings. The molecule has 64 heavy (non-hydrogen) atoms. The van der Waals surface area contributed by atoms with Crippen LogP contribution in [0.5, 0.6) is 0 Å². The number of nitrogens with one attached hydrogen (secondary N) is 1. The van der Waals surface area contributed by atoms with Gasteiger partial charge in [-0.1, -0.05) is 129 Å². The van der Waals surface area contributed by atoms with Crippen LogP contribution < -0.4 is 5.32 Å². The monoisotopic (exact) mass is 916 g/mol. The van der Waals surface area contributed by atoms with Crippen LogP contribution in [0.15, 0.2) is 0 Å². The van der Waals surface area contributed by atoms with Crippen LogP contribution in [0.25, 0.3) is 0 Å². The lowest BCUT2D eigenvalue weighted by Crippen LogP contribution is -2.33. The molecule has 13 nitrogen and oxygen atoms in total. The Morgan fingerprint density at radius 3 is 1.27 bits per heavy atom. The van der Waals surface area contributed by atoms with E-state index in [1.54, 1.807) is 0 Å². The topological polar surface area (TPSA) is 146 Å². The lowest BCUT2D eigenvalue weighted by atomic mass is 9.99. The van der Waals surface area contributed by atoms with Crippen molar-refractivity contribution in [3.05, 3.63) is 0 Å². The predicted octanol–water partition coefficient (Wildman–Crippen LogP) is 10.3. The molecule has 1 unspecified atom stereocenters. The molecule has 13 heteroatoms. The fourth-order valence-corrected chi connectivity index (χ4v) is 7.40. The van der Waals surface area contributed by atoms with Gasteiger partial charge in [-0.2, -0.15) is 0 Å². The first-order chi connectivity index (χ1) is 31.6. The SMILES string of the molecule is CCCCCCCCCOC(=O)CCCCCCCOCC(COCCOCCOCCOCCOC(=O)C1CCNCC1)OCCCCCCCC(=O)OCCCCCCCCC. The molecule has 0 saturated carbocycles. The van der Waals surface area contributed by atoms with Crippen molar-refractivity contribution < 1.29 is 57.0 Å². The highest BCUT2D eigenvalue weighted by molar-refractivity contribution is 5.72. The minimum atomic E-state index is -0.158. The van der Waals surface area contributed by atoms with Crippen molar-refractivity contribution >= 4 is 17.9 Å². The first kappa shape index (κ1) is 60.1. The summed E-state index contributed by atoms with van der Waals surface area (Å²) in [7, 11) is 0. The zero-order valence-corrected chi connectivity index (χ0v) is 41.2. The molecule has 0 radical (unpaired) electrons. The van der Waals surface area contributed by atoms with Gasteiger partial charge in [-0.3, -0.25) is 14.4 Å². The van der Waals surface area contributed by atoms with Crippen molar-refractivity contribution in [2.75, 3.05) is 106 Å². The number of piperidine rings is 1. The predicted molar refractivity (Wildman–Crippen MR) is 254 cm³/mol. The van der Waals surface area contributed by atoms with Gasteiger partial charge in [0.25, 0.3) is 0 Å². The molecule has 378 valence electrons. The number of rotatable bonds is 50. The minimum Gasteiger partial charge on any atom is -0.466 e. The summed E-state index contributed by atoms with van der Waals surface area (Å²) in [5.74, 6) is -0.248. The Morgan fingerprint density at radius 1 is 0.406 bits per heavy atom. The van der Waals surface area contributed by atoms with E-state index in [1.807, 2.05) is 0 Å². The summed E-state index contributed by atoms with van der Waals surface area (Å²) in [5, 5.41) is 3.25. The second kappa shape index (κ2) is 49.0. The molecule has 0 spiro atoms. The average Bonchev–Trinajstić information content (AvgIpc) is 3.30. The number of unbranched alkanes of at least 4 members (excludes halogenated alkanes) is 20. The van der Waals surface area contributed by atoms with E-state index in [0.29, 0.717) is 98.7 Å². The van der Waals surface area contributed by atoms with Crippen LogP contribution in [0, 0.1) is 5.92 Å². The number of hydrogen-bond acceptors (Lipinski definition) is 13. The quantitative estimate of drug-likeness (QED) is 0.0351. The second-order valence-corrected chi connectivity index (χ2v) is 17.4. The third kappa shape index (κ3) is 42.7. The number of ether oxygens (including phenoxy) is 9. The third-order valence-electron chi connectivity index (χ3n) is 11.4. The molecule has 1 heterocycles. The lowest BCUT2D eigenvalue weighted by molar-refractivity contribution is -0.151. The summed E-state index contributed by atoms with van der Waals surface area (Å²) < 4.78 is 51.1. The summed E-state index contributed by atoms with van der Waals surface area (Å²) in [6, 6.07) is 0. The first-order valence-electron chi connectivity index (χ1n) is 26.3. The molecule has 1 atom stereocenters. The van der Waals surface area contributed by atoms with Crippen molar-refractivity contribution in [1.82, 2.24) is 5.32 Å². The van der Waals surface area contributed by atoms with Crippen molar-refractivity contribution in [3.8, 4) is 0 Å². The molecular formula is C51H97NO12. The maximum absolute atomic E-state index is 12.1. The van der Waals surface area contributed by atoms with Crippen LogP contribution in [0.2, 0.25) is 0 Å². The van der Waals surface area contributed by atoms with Gasteiger partial charge in [0.05, 0.1) is 78.6 Å². The number of carbonyl (C=O) groups is 3. The maximum Gasteiger partial charge on any atom is 0.309 e. The van der Waals surface area contributed by atoms with Gasteiger partial charge in [0.2, 0.25) is 0 Å². The minimum absolute atomic E-state index is 0.00284. The zero-order valence-electron chi connectivity index (χ0n) is 41.2. The molecule has 1 fully saturated rings. The highest BCUT2D eigenvalue weighted by Gasteiger charge is 2.22. The summed E-state index contributed by atoms with van der Waals surface area (Å²) >= 11 is 0. The number of hydrogen-bond donors (Lipinski definition) is 1. The van der Waals surface area contributed by atoms with Gasteiger partial charge in [0.1, 0.15) is 12.7 Å². The zero-order chi connectivity index (χ0) is 46.1.